The van der Waals surface area contributed by atoms with Gasteiger partial charge in [0.05, 0.1) is 17.8 Å². The molecule has 16 heavy (non-hydrogen) atoms. The Labute approximate surface area is 93.5 Å². The molecule has 0 aliphatic carbocycles. The molecule has 4 nitrogen and oxygen atoms in total. The maximum Gasteiger partial charge on any atom is 0.335 e. The minimum atomic E-state index is -0.960. The summed E-state index contributed by atoms with van der Waals surface area (Å²) in [5.41, 5.74) is -0.00299. The fourth-order valence-corrected chi connectivity index (χ4v) is 1.97. The van der Waals surface area contributed by atoms with Gasteiger partial charge >= 0.3 is 5.97 Å². The standard InChI is InChI=1S/C12H14O4/c13-11(14)10-4-2-1-3-9(10)7-12(15)5-6-16-8-12/h1-4,15H,5-8H2,(H,13,14). The highest BCUT2D eigenvalue weighted by Crippen LogP contribution is 2.24. The van der Waals surface area contributed by atoms with Gasteiger partial charge < -0.3 is 14.9 Å². The van der Waals surface area contributed by atoms with Crippen LogP contribution in [0.2, 0.25) is 0 Å². The van der Waals surface area contributed by atoms with E-state index >= 15 is 0 Å². The summed E-state index contributed by atoms with van der Waals surface area (Å²) in [5, 5.41) is 19.1. The van der Waals surface area contributed by atoms with E-state index in [0.717, 1.165) is 0 Å². The molecule has 0 spiro atoms. The number of rotatable bonds is 3. The van der Waals surface area contributed by atoms with Crippen LogP contribution >= 0.6 is 0 Å². The van der Waals surface area contributed by atoms with Crippen molar-refractivity contribution >= 4 is 5.97 Å². The summed E-state index contributed by atoms with van der Waals surface area (Å²) in [6, 6.07) is 6.75. The van der Waals surface area contributed by atoms with Crippen LogP contribution in [0, 0.1) is 0 Å². The first-order valence-electron chi connectivity index (χ1n) is 5.22. The van der Waals surface area contributed by atoms with Crippen molar-refractivity contribution in [1.29, 1.82) is 0 Å². The van der Waals surface area contributed by atoms with E-state index in [9.17, 15) is 9.90 Å². The normalized spacial score (nSPS) is 24.6. The van der Waals surface area contributed by atoms with E-state index in [1.54, 1.807) is 24.3 Å². The summed E-state index contributed by atoms with van der Waals surface area (Å²) in [7, 11) is 0. The van der Waals surface area contributed by atoms with Gasteiger partial charge in [-0.2, -0.15) is 0 Å². The van der Waals surface area contributed by atoms with Gasteiger partial charge in [-0.05, 0) is 11.6 Å². The molecule has 0 saturated carbocycles. The maximum atomic E-state index is 11.0. The van der Waals surface area contributed by atoms with Gasteiger partial charge in [-0.15, -0.1) is 0 Å². The van der Waals surface area contributed by atoms with Crippen LogP contribution in [0.25, 0.3) is 0 Å². The van der Waals surface area contributed by atoms with E-state index < -0.39 is 11.6 Å². The Hall–Kier alpha value is -1.39. The van der Waals surface area contributed by atoms with Gasteiger partial charge in [0.2, 0.25) is 0 Å². The molecule has 0 radical (unpaired) electrons. The minimum absolute atomic E-state index is 0.253. The number of carboxylic acid groups (broad SMARTS) is 1. The summed E-state index contributed by atoms with van der Waals surface area (Å²) in [6.45, 7) is 0.812. The first-order valence-corrected chi connectivity index (χ1v) is 5.22. The van der Waals surface area contributed by atoms with Crippen molar-refractivity contribution < 1.29 is 19.7 Å². The highest BCUT2D eigenvalue weighted by molar-refractivity contribution is 5.89. The third kappa shape index (κ3) is 2.23. The molecule has 0 bridgehead atoms. The number of hydrogen-bond donors (Lipinski definition) is 2. The smallest absolute Gasteiger partial charge is 0.335 e. The zero-order valence-electron chi connectivity index (χ0n) is 8.85. The summed E-state index contributed by atoms with van der Waals surface area (Å²) in [4.78, 5) is 11.0. The lowest BCUT2D eigenvalue weighted by atomic mass is 9.91. The molecule has 2 N–H and O–H groups in total. The predicted octanol–water partition coefficient (Wildman–Crippen LogP) is 1.08. The summed E-state index contributed by atoms with van der Waals surface area (Å²) >= 11 is 0. The van der Waals surface area contributed by atoms with E-state index in [0.29, 0.717) is 25.0 Å². The average Bonchev–Trinajstić information content (AvgIpc) is 2.65. The Bertz CT molecular complexity index is 394. The number of aromatic carboxylic acids is 1. The number of carbonyl (C=O) groups is 1. The summed E-state index contributed by atoms with van der Waals surface area (Å²) < 4.78 is 5.14. The third-order valence-corrected chi connectivity index (χ3v) is 2.85. The second kappa shape index (κ2) is 4.23. The molecular weight excluding hydrogens is 208 g/mol. The molecule has 1 atom stereocenters. The number of hydrogen-bond acceptors (Lipinski definition) is 3. The Morgan fingerprint density at radius 2 is 2.19 bits per heavy atom. The van der Waals surface area contributed by atoms with Crippen molar-refractivity contribution in [1.82, 2.24) is 0 Å². The molecule has 0 amide bonds. The zero-order chi connectivity index (χ0) is 11.6. The minimum Gasteiger partial charge on any atom is -0.478 e. The molecule has 1 aromatic rings. The van der Waals surface area contributed by atoms with Gasteiger partial charge in [0, 0.05) is 19.4 Å². The van der Waals surface area contributed by atoms with Crippen LogP contribution in [-0.2, 0) is 11.2 Å². The highest BCUT2D eigenvalue weighted by Gasteiger charge is 2.33. The van der Waals surface area contributed by atoms with Gasteiger partial charge in [-0.3, -0.25) is 0 Å². The third-order valence-electron chi connectivity index (χ3n) is 2.85. The number of benzene rings is 1. The molecule has 1 aliphatic heterocycles. The quantitative estimate of drug-likeness (QED) is 0.803. The van der Waals surface area contributed by atoms with Crippen LogP contribution in [0.3, 0.4) is 0 Å². The molecule has 4 heteroatoms. The van der Waals surface area contributed by atoms with Crippen LogP contribution in [-0.4, -0.2) is 35.0 Å². The lowest BCUT2D eigenvalue weighted by molar-refractivity contribution is 0.0268. The van der Waals surface area contributed by atoms with Gasteiger partial charge in [-0.1, -0.05) is 18.2 Å². The van der Waals surface area contributed by atoms with E-state index in [1.165, 1.54) is 0 Å². The highest BCUT2D eigenvalue weighted by atomic mass is 16.5. The molecule has 1 unspecified atom stereocenters. The molecule has 1 aromatic carbocycles. The Kier molecular flexibility index (Phi) is 2.94. The van der Waals surface area contributed by atoms with Gasteiger partial charge in [0.1, 0.15) is 0 Å². The number of carboxylic acids is 1. The van der Waals surface area contributed by atoms with Gasteiger partial charge in [0.25, 0.3) is 0 Å². The molecule has 1 fully saturated rings. The van der Waals surface area contributed by atoms with Crippen molar-refractivity contribution in [2.24, 2.45) is 0 Å². The fraction of sp³-hybridized carbons (Fsp3) is 0.417. The van der Waals surface area contributed by atoms with Crippen LogP contribution in [0.5, 0.6) is 0 Å². The summed E-state index contributed by atoms with van der Waals surface area (Å²) in [6.07, 6.45) is 0.885. The van der Waals surface area contributed by atoms with E-state index in [1.807, 2.05) is 0 Å². The Morgan fingerprint density at radius 3 is 2.81 bits per heavy atom. The largest absolute Gasteiger partial charge is 0.478 e. The van der Waals surface area contributed by atoms with Gasteiger partial charge in [0.15, 0.2) is 0 Å². The van der Waals surface area contributed by atoms with Crippen molar-refractivity contribution in [2.75, 3.05) is 13.2 Å². The molecule has 86 valence electrons. The van der Waals surface area contributed by atoms with E-state index in [-0.39, 0.29) is 12.2 Å². The molecular formula is C12H14O4. The van der Waals surface area contributed by atoms with E-state index in [4.69, 9.17) is 9.84 Å². The van der Waals surface area contributed by atoms with Crippen LogP contribution in [0.4, 0.5) is 0 Å². The fourth-order valence-electron chi connectivity index (χ4n) is 1.97. The molecule has 1 heterocycles. The molecule has 1 aliphatic rings. The van der Waals surface area contributed by atoms with Gasteiger partial charge in [-0.25, -0.2) is 4.79 Å². The number of aliphatic hydroxyl groups is 1. The van der Waals surface area contributed by atoms with Crippen molar-refractivity contribution in [2.45, 2.75) is 18.4 Å². The maximum absolute atomic E-state index is 11.0. The zero-order valence-corrected chi connectivity index (χ0v) is 8.85. The lowest BCUT2D eigenvalue weighted by Gasteiger charge is -2.21. The Morgan fingerprint density at radius 1 is 1.44 bits per heavy atom. The topological polar surface area (TPSA) is 66.8 Å². The summed E-state index contributed by atoms with van der Waals surface area (Å²) in [5.74, 6) is -0.960. The monoisotopic (exact) mass is 222 g/mol. The molecule has 2 rings (SSSR count). The SMILES string of the molecule is O=C(O)c1ccccc1CC1(O)CCOC1. The first kappa shape index (κ1) is 11.1. The van der Waals surface area contributed by atoms with Crippen molar-refractivity contribution in [3.8, 4) is 0 Å². The van der Waals surface area contributed by atoms with Crippen LogP contribution in [0.15, 0.2) is 24.3 Å². The molecule has 1 saturated heterocycles. The average molecular weight is 222 g/mol. The van der Waals surface area contributed by atoms with Crippen LogP contribution in [0.1, 0.15) is 22.3 Å². The lowest BCUT2D eigenvalue weighted by Crippen LogP contribution is -2.32. The van der Waals surface area contributed by atoms with Crippen molar-refractivity contribution in [3.63, 3.8) is 0 Å². The Balaban J connectivity index is 2.23. The second-order valence-corrected chi connectivity index (χ2v) is 4.17. The predicted molar refractivity (Wildman–Crippen MR) is 57.5 cm³/mol. The van der Waals surface area contributed by atoms with Crippen molar-refractivity contribution in [3.05, 3.63) is 35.4 Å². The number of ether oxygens (including phenoxy) is 1. The second-order valence-electron chi connectivity index (χ2n) is 4.17. The van der Waals surface area contributed by atoms with Crippen LogP contribution < -0.4 is 0 Å². The first-order chi connectivity index (χ1) is 7.61. The van der Waals surface area contributed by atoms with E-state index in [2.05, 4.69) is 0 Å². The molecule has 0 aromatic heterocycles.